The van der Waals surface area contributed by atoms with Crippen molar-refractivity contribution in [2.24, 2.45) is 7.05 Å². The minimum Gasteiger partial charge on any atom is -0.382 e. The smallest absolute Gasteiger partial charge is 0.166 e. The molecule has 0 aromatic carbocycles. The highest BCUT2D eigenvalue weighted by Crippen LogP contribution is 2.32. The largest absolute Gasteiger partial charge is 0.382 e. The number of rotatable bonds is 2. The zero-order valence-corrected chi connectivity index (χ0v) is 12.9. The number of imidazole rings is 1. The zero-order chi connectivity index (χ0) is 15.3. The molecule has 0 aliphatic carbocycles. The lowest BCUT2D eigenvalue weighted by molar-refractivity contribution is 0.619. The Bertz CT molecular complexity index is 826. The molecular weight excluding hydrogens is 266 g/mol. The molecule has 0 bridgehead atoms. The van der Waals surface area contributed by atoms with E-state index in [1.165, 1.54) is 6.33 Å². The molecule has 7 nitrogen and oxygen atoms in total. The lowest BCUT2D eigenvalue weighted by Gasteiger charge is -2.12. The van der Waals surface area contributed by atoms with Gasteiger partial charge in [-0.25, -0.2) is 15.0 Å². The number of fused-ring (bicyclic) bond motifs is 1. The summed E-state index contributed by atoms with van der Waals surface area (Å²) in [6.07, 6.45) is 1.48. The number of aryl methyl sites for hydroxylation is 2. The minimum absolute atomic E-state index is 0.207. The zero-order valence-electron chi connectivity index (χ0n) is 12.9. The summed E-state index contributed by atoms with van der Waals surface area (Å²) in [5.41, 5.74) is 10.4. The van der Waals surface area contributed by atoms with Crippen LogP contribution in [0.3, 0.4) is 0 Å². The van der Waals surface area contributed by atoms with Crippen LogP contribution in [-0.2, 0) is 7.05 Å². The van der Waals surface area contributed by atoms with E-state index in [-0.39, 0.29) is 6.04 Å². The molecular formula is C14H19N7. The average Bonchev–Trinajstić information content (AvgIpc) is 2.89. The van der Waals surface area contributed by atoms with Gasteiger partial charge in [0.25, 0.3) is 0 Å². The van der Waals surface area contributed by atoms with Crippen molar-refractivity contribution >= 4 is 17.0 Å². The first-order chi connectivity index (χ1) is 9.91. The van der Waals surface area contributed by atoms with Crippen LogP contribution >= 0.6 is 0 Å². The molecule has 3 heterocycles. The minimum atomic E-state index is 0.207. The van der Waals surface area contributed by atoms with Crippen molar-refractivity contribution in [1.82, 2.24) is 29.3 Å². The fourth-order valence-electron chi connectivity index (χ4n) is 2.69. The Morgan fingerprint density at radius 3 is 2.48 bits per heavy atom. The van der Waals surface area contributed by atoms with Gasteiger partial charge in [0.15, 0.2) is 17.0 Å². The predicted molar refractivity (Wildman–Crippen MR) is 81.8 cm³/mol. The van der Waals surface area contributed by atoms with Gasteiger partial charge in [0.05, 0.1) is 11.3 Å². The Labute approximate surface area is 122 Å². The Hall–Kier alpha value is -2.44. The fraction of sp³-hybridized carbons (Fsp3) is 0.429. The average molecular weight is 285 g/mol. The van der Waals surface area contributed by atoms with Crippen LogP contribution in [0.5, 0.6) is 0 Å². The van der Waals surface area contributed by atoms with Crippen LogP contribution in [0.25, 0.3) is 22.6 Å². The Morgan fingerprint density at radius 1 is 1.19 bits per heavy atom. The predicted octanol–water partition coefficient (Wildman–Crippen LogP) is 2.01. The van der Waals surface area contributed by atoms with Gasteiger partial charge < -0.3 is 10.3 Å². The highest BCUT2D eigenvalue weighted by molar-refractivity contribution is 5.86. The maximum absolute atomic E-state index is 5.95. The van der Waals surface area contributed by atoms with E-state index in [2.05, 4.69) is 33.5 Å². The molecule has 0 spiro atoms. The van der Waals surface area contributed by atoms with E-state index in [0.29, 0.717) is 11.3 Å². The van der Waals surface area contributed by atoms with Crippen LogP contribution in [0.15, 0.2) is 6.33 Å². The molecule has 0 atom stereocenters. The van der Waals surface area contributed by atoms with Crippen molar-refractivity contribution in [2.75, 3.05) is 5.73 Å². The molecule has 7 heteroatoms. The summed E-state index contributed by atoms with van der Waals surface area (Å²) >= 11 is 0. The lowest BCUT2D eigenvalue weighted by Crippen LogP contribution is -2.05. The summed E-state index contributed by atoms with van der Waals surface area (Å²) in [5.74, 6) is 1.25. The molecule has 3 aromatic rings. The number of aromatic nitrogens is 6. The molecule has 0 aliphatic rings. The Balaban J connectivity index is 2.42. The molecule has 21 heavy (non-hydrogen) atoms. The highest BCUT2D eigenvalue weighted by Gasteiger charge is 2.22. The third-order valence-electron chi connectivity index (χ3n) is 3.75. The van der Waals surface area contributed by atoms with Gasteiger partial charge in [-0.05, 0) is 27.7 Å². The van der Waals surface area contributed by atoms with E-state index < -0.39 is 0 Å². The molecule has 0 saturated heterocycles. The lowest BCUT2D eigenvalue weighted by atomic mass is 10.2. The first-order valence-corrected chi connectivity index (χ1v) is 6.90. The second-order valence-corrected chi connectivity index (χ2v) is 5.50. The molecule has 3 aromatic heterocycles. The first kappa shape index (κ1) is 13.5. The van der Waals surface area contributed by atoms with Gasteiger partial charge in [-0.15, -0.1) is 0 Å². The summed E-state index contributed by atoms with van der Waals surface area (Å²) in [6.45, 7) is 8.23. The number of anilines is 1. The van der Waals surface area contributed by atoms with Gasteiger partial charge in [-0.1, -0.05) is 0 Å². The van der Waals surface area contributed by atoms with Crippen LogP contribution in [0, 0.1) is 13.8 Å². The summed E-state index contributed by atoms with van der Waals surface area (Å²) < 4.78 is 3.95. The van der Waals surface area contributed by atoms with E-state index in [0.717, 1.165) is 28.4 Å². The highest BCUT2D eigenvalue weighted by atomic mass is 15.3. The van der Waals surface area contributed by atoms with Crippen LogP contribution in [0.2, 0.25) is 0 Å². The van der Waals surface area contributed by atoms with E-state index in [1.807, 2.05) is 25.6 Å². The Kier molecular flexibility index (Phi) is 2.93. The molecule has 0 saturated carbocycles. The standard InChI is InChI=1S/C14H19N7/c1-7(2)21-13(10-8(3)19-20(5)9(10)4)18-11-12(15)16-6-17-14(11)21/h6-7H,1-5H3,(H2,15,16,17). The molecule has 0 unspecified atom stereocenters. The second-order valence-electron chi connectivity index (χ2n) is 5.50. The topological polar surface area (TPSA) is 87.4 Å². The SMILES string of the molecule is Cc1nn(C)c(C)c1-c1nc2c(N)ncnc2n1C(C)C. The number of nitrogen functional groups attached to an aromatic ring is 1. The summed E-state index contributed by atoms with van der Waals surface area (Å²) in [7, 11) is 1.93. The molecule has 0 amide bonds. The second kappa shape index (κ2) is 4.54. The van der Waals surface area contributed by atoms with Crippen molar-refractivity contribution in [2.45, 2.75) is 33.7 Å². The number of hydrogen-bond acceptors (Lipinski definition) is 5. The third-order valence-corrected chi connectivity index (χ3v) is 3.75. The van der Waals surface area contributed by atoms with Gasteiger partial charge in [0.1, 0.15) is 12.2 Å². The van der Waals surface area contributed by atoms with Crippen LogP contribution in [0.4, 0.5) is 5.82 Å². The van der Waals surface area contributed by atoms with E-state index in [9.17, 15) is 0 Å². The van der Waals surface area contributed by atoms with Gasteiger partial charge in [-0.3, -0.25) is 4.68 Å². The maximum atomic E-state index is 5.95. The molecule has 0 aliphatic heterocycles. The van der Waals surface area contributed by atoms with Gasteiger partial charge >= 0.3 is 0 Å². The summed E-state index contributed by atoms with van der Waals surface area (Å²) in [5, 5.41) is 4.48. The van der Waals surface area contributed by atoms with Gasteiger partial charge in [0, 0.05) is 18.8 Å². The van der Waals surface area contributed by atoms with Crippen molar-refractivity contribution in [3.05, 3.63) is 17.7 Å². The fourth-order valence-corrected chi connectivity index (χ4v) is 2.69. The van der Waals surface area contributed by atoms with E-state index >= 15 is 0 Å². The molecule has 0 fully saturated rings. The third kappa shape index (κ3) is 1.88. The molecule has 110 valence electrons. The maximum Gasteiger partial charge on any atom is 0.166 e. The molecule has 0 radical (unpaired) electrons. The van der Waals surface area contributed by atoms with Crippen molar-refractivity contribution in [3.63, 3.8) is 0 Å². The monoisotopic (exact) mass is 285 g/mol. The molecule has 3 rings (SSSR count). The van der Waals surface area contributed by atoms with Crippen LogP contribution in [0.1, 0.15) is 31.3 Å². The summed E-state index contributed by atoms with van der Waals surface area (Å²) in [6, 6.07) is 0.207. The molecule has 2 N–H and O–H groups in total. The van der Waals surface area contributed by atoms with Crippen molar-refractivity contribution < 1.29 is 0 Å². The normalized spacial score (nSPS) is 11.7. The number of nitrogens with two attached hydrogens (primary N) is 1. The van der Waals surface area contributed by atoms with Crippen molar-refractivity contribution in [1.29, 1.82) is 0 Å². The Morgan fingerprint density at radius 2 is 1.90 bits per heavy atom. The van der Waals surface area contributed by atoms with E-state index in [1.54, 1.807) is 0 Å². The first-order valence-electron chi connectivity index (χ1n) is 6.90. The van der Waals surface area contributed by atoms with Crippen LogP contribution in [-0.4, -0.2) is 29.3 Å². The van der Waals surface area contributed by atoms with Crippen molar-refractivity contribution in [3.8, 4) is 11.4 Å². The van der Waals surface area contributed by atoms with Gasteiger partial charge in [-0.2, -0.15) is 5.10 Å². The number of nitrogens with zero attached hydrogens (tertiary/aromatic N) is 6. The van der Waals surface area contributed by atoms with Gasteiger partial charge in [0.2, 0.25) is 0 Å². The summed E-state index contributed by atoms with van der Waals surface area (Å²) in [4.78, 5) is 13.1. The van der Waals surface area contributed by atoms with E-state index in [4.69, 9.17) is 10.7 Å². The quantitative estimate of drug-likeness (QED) is 0.778. The number of hydrogen-bond donors (Lipinski definition) is 1. The van der Waals surface area contributed by atoms with Crippen LogP contribution < -0.4 is 5.73 Å².